The largest absolute Gasteiger partial charge is 0.507 e. The number of ether oxygens (including phenoxy) is 1. The van der Waals surface area contributed by atoms with Crippen molar-refractivity contribution in [2.75, 3.05) is 7.11 Å². The fraction of sp³-hybridized carbons (Fsp3) is 0.200. The van der Waals surface area contributed by atoms with Crippen LogP contribution in [0.4, 0.5) is 0 Å². The predicted molar refractivity (Wildman–Crippen MR) is 50.1 cm³/mol. The number of phenols is 1. The normalized spacial score (nSPS) is 9.40. The Bertz CT molecular complexity index is 434. The summed E-state index contributed by atoms with van der Waals surface area (Å²) in [7, 11) is 1.15. The molecule has 5 nitrogen and oxygen atoms in total. The Hall–Kier alpha value is -2.06. The van der Waals surface area contributed by atoms with Crippen molar-refractivity contribution in [3.05, 3.63) is 28.8 Å². The molecule has 0 radical (unpaired) electrons. The molecule has 0 aliphatic rings. The first-order valence-electron chi connectivity index (χ1n) is 4.09. The Morgan fingerprint density at radius 2 is 2.27 bits per heavy atom. The summed E-state index contributed by atoms with van der Waals surface area (Å²) >= 11 is 0. The van der Waals surface area contributed by atoms with Gasteiger partial charge in [0, 0.05) is 5.56 Å². The van der Waals surface area contributed by atoms with E-state index in [9.17, 15) is 9.90 Å². The number of aliphatic hydroxyl groups is 1. The van der Waals surface area contributed by atoms with Crippen LogP contribution < -0.4 is 0 Å². The van der Waals surface area contributed by atoms with Crippen LogP contribution in [0.25, 0.3) is 0 Å². The van der Waals surface area contributed by atoms with Gasteiger partial charge in [0.15, 0.2) is 0 Å². The van der Waals surface area contributed by atoms with E-state index in [2.05, 4.69) is 4.74 Å². The lowest BCUT2D eigenvalue weighted by molar-refractivity contribution is 0.0596. The summed E-state index contributed by atoms with van der Waals surface area (Å²) in [5.74, 6) is -1.22. The van der Waals surface area contributed by atoms with E-state index in [0.717, 1.165) is 7.11 Å². The Balaban J connectivity index is 3.44. The number of carbonyl (C=O) groups excluding carboxylic acids is 1. The summed E-state index contributed by atoms with van der Waals surface area (Å²) in [5, 5.41) is 27.2. The van der Waals surface area contributed by atoms with Crippen molar-refractivity contribution in [3.8, 4) is 11.8 Å². The Kier molecular flexibility index (Phi) is 3.26. The summed E-state index contributed by atoms with van der Waals surface area (Å²) < 4.78 is 4.43. The lowest BCUT2D eigenvalue weighted by Crippen LogP contribution is -2.06. The van der Waals surface area contributed by atoms with Crippen molar-refractivity contribution < 1.29 is 19.7 Å². The summed E-state index contributed by atoms with van der Waals surface area (Å²) in [6.07, 6.45) is 0. The standard InChI is InChI=1S/C10H9NO4/c1-15-10(14)8-6(4-11)2-3-7(5-12)9(8)13/h2-3,12-13H,5H2,1H3. The highest BCUT2D eigenvalue weighted by Gasteiger charge is 2.19. The molecule has 0 atom stereocenters. The first-order chi connectivity index (χ1) is 7.15. The molecule has 0 aliphatic carbocycles. The number of nitrogens with zero attached hydrogens (tertiary/aromatic N) is 1. The molecule has 1 aromatic rings. The zero-order valence-electron chi connectivity index (χ0n) is 8.02. The minimum Gasteiger partial charge on any atom is -0.507 e. The smallest absolute Gasteiger partial charge is 0.343 e. The molecule has 0 fully saturated rings. The van der Waals surface area contributed by atoms with Gasteiger partial charge in [0.2, 0.25) is 0 Å². The summed E-state index contributed by atoms with van der Waals surface area (Å²) in [4.78, 5) is 11.3. The number of carbonyl (C=O) groups is 1. The van der Waals surface area contributed by atoms with Crippen LogP contribution in [0.2, 0.25) is 0 Å². The van der Waals surface area contributed by atoms with Gasteiger partial charge in [-0.1, -0.05) is 6.07 Å². The topological polar surface area (TPSA) is 90.6 Å². The highest BCUT2D eigenvalue weighted by molar-refractivity contribution is 5.95. The summed E-state index contributed by atoms with van der Waals surface area (Å²) in [5.41, 5.74) is -0.0301. The van der Waals surface area contributed by atoms with Crippen LogP contribution in [0.5, 0.6) is 5.75 Å². The van der Waals surface area contributed by atoms with Crippen LogP contribution in [0.3, 0.4) is 0 Å². The van der Waals surface area contributed by atoms with Crippen LogP contribution in [-0.4, -0.2) is 23.3 Å². The second kappa shape index (κ2) is 4.44. The van der Waals surface area contributed by atoms with Gasteiger partial charge in [-0.3, -0.25) is 0 Å². The lowest BCUT2D eigenvalue weighted by atomic mass is 10.0. The van der Waals surface area contributed by atoms with E-state index in [1.165, 1.54) is 12.1 Å². The van der Waals surface area contributed by atoms with E-state index in [-0.39, 0.29) is 16.7 Å². The third kappa shape index (κ3) is 1.90. The molecule has 0 bridgehead atoms. The molecule has 0 saturated carbocycles. The zero-order valence-corrected chi connectivity index (χ0v) is 8.02. The zero-order chi connectivity index (χ0) is 11.4. The molecule has 0 amide bonds. The van der Waals surface area contributed by atoms with E-state index >= 15 is 0 Å². The third-order valence-corrected chi connectivity index (χ3v) is 1.94. The number of benzene rings is 1. The van der Waals surface area contributed by atoms with Gasteiger partial charge in [-0.2, -0.15) is 5.26 Å². The molecule has 0 heterocycles. The second-order valence-electron chi connectivity index (χ2n) is 2.76. The second-order valence-corrected chi connectivity index (χ2v) is 2.76. The summed E-state index contributed by atoms with van der Waals surface area (Å²) in [6, 6.07) is 4.48. The van der Waals surface area contributed by atoms with Crippen molar-refractivity contribution in [3.63, 3.8) is 0 Å². The van der Waals surface area contributed by atoms with Gasteiger partial charge >= 0.3 is 5.97 Å². The highest BCUT2D eigenvalue weighted by Crippen LogP contribution is 2.26. The van der Waals surface area contributed by atoms with Crippen LogP contribution in [0.1, 0.15) is 21.5 Å². The molecule has 0 aliphatic heterocycles. The van der Waals surface area contributed by atoms with Crippen molar-refractivity contribution in [2.45, 2.75) is 6.61 Å². The Morgan fingerprint density at radius 1 is 1.60 bits per heavy atom. The minimum absolute atomic E-state index is 0.0107. The van der Waals surface area contributed by atoms with Crippen molar-refractivity contribution in [1.82, 2.24) is 0 Å². The number of hydrogen-bond acceptors (Lipinski definition) is 5. The monoisotopic (exact) mass is 207 g/mol. The number of aromatic hydroxyl groups is 1. The predicted octanol–water partition coefficient (Wildman–Crippen LogP) is 0.543. The average molecular weight is 207 g/mol. The van der Waals surface area contributed by atoms with Crippen molar-refractivity contribution in [1.29, 1.82) is 5.26 Å². The van der Waals surface area contributed by atoms with Crippen molar-refractivity contribution >= 4 is 5.97 Å². The molecule has 5 heteroatoms. The highest BCUT2D eigenvalue weighted by atomic mass is 16.5. The number of nitriles is 1. The van der Waals surface area contributed by atoms with Gasteiger partial charge in [-0.15, -0.1) is 0 Å². The molecule has 1 aromatic carbocycles. The molecule has 15 heavy (non-hydrogen) atoms. The summed E-state index contributed by atoms with van der Waals surface area (Å²) in [6.45, 7) is -0.415. The molecular formula is C10H9NO4. The first kappa shape index (κ1) is 11.0. The van der Waals surface area contributed by atoms with Gasteiger partial charge < -0.3 is 14.9 Å². The van der Waals surface area contributed by atoms with E-state index < -0.39 is 18.3 Å². The first-order valence-corrected chi connectivity index (χ1v) is 4.09. The molecule has 0 unspecified atom stereocenters. The van der Waals surface area contributed by atoms with E-state index in [4.69, 9.17) is 10.4 Å². The van der Waals surface area contributed by atoms with E-state index in [0.29, 0.717) is 0 Å². The SMILES string of the molecule is COC(=O)c1c(C#N)ccc(CO)c1O. The fourth-order valence-electron chi connectivity index (χ4n) is 1.16. The third-order valence-electron chi connectivity index (χ3n) is 1.94. The maximum atomic E-state index is 11.3. The lowest BCUT2D eigenvalue weighted by Gasteiger charge is -2.07. The number of rotatable bonds is 2. The van der Waals surface area contributed by atoms with Crippen LogP contribution in [0.15, 0.2) is 12.1 Å². The van der Waals surface area contributed by atoms with Gasteiger partial charge in [-0.05, 0) is 6.07 Å². The minimum atomic E-state index is -0.806. The maximum Gasteiger partial charge on any atom is 0.343 e. The Labute approximate surface area is 86.1 Å². The Morgan fingerprint density at radius 3 is 2.73 bits per heavy atom. The quantitative estimate of drug-likeness (QED) is 0.691. The van der Waals surface area contributed by atoms with Crippen LogP contribution in [-0.2, 0) is 11.3 Å². The van der Waals surface area contributed by atoms with E-state index in [1.807, 2.05) is 0 Å². The van der Waals surface area contributed by atoms with Crippen LogP contribution in [0, 0.1) is 11.3 Å². The number of aliphatic hydroxyl groups excluding tert-OH is 1. The molecular weight excluding hydrogens is 198 g/mol. The molecule has 0 spiro atoms. The van der Waals surface area contributed by atoms with Crippen molar-refractivity contribution in [2.24, 2.45) is 0 Å². The van der Waals surface area contributed by atoms with Crippen LogP contribution >= 0.6 is 0 Å². The number of methoxy groups -OCH3 is 1. The molecule has 2 N–H and O–H groups in total. The molecule has 0 saturated heterocycles. The molecule has 1 rings (SSSR count). The average Bonchev–Trinajstić information content (AvgIpc) is 2.27. The molecule has 0 aromatic heterocycles. The van der Waals surface area contributed by atoms with Gasteiger partial charge in [0.1, 0.15) is 17.4 Å². The molecule has 78 valence electrons. The maximum absolute atomic E-state index is 11.3. The number of hydrogen-bond donors (Lipinski definition) is 2. The van der Waals surface area contributed by atoms with E-state index in [1.54, 1.807) is 6.07 Å². The fourth-order valence-corrected chi connectivity index (χ4v) is 1.16. The van der Waals surface area contributed by atoms with Gasteiger partial charge in [-0.25, -0.2) is 4.79 Å². The van der Waals surface area contributed by atoms with Gasteiger partial charge in [0.05, 0.1) is 19.3 Å². The number of esters is 1. The van der Waals surface area contributed by atoms with Gasteiger partial charge in [0.25, 0.3) is 0 Å².